The summed E-state index contributed by atoms with van der Waals surface area (Å²) >= 11 is 0. The quantitative estimate of drug-likeness (QED) is 0.597. The van der Waals surface area contributed by atoms with Crippen molar-refractivity contribution in [1.29, 1.82) is 0 Å². The Labute approximate surface area is 149 Å². The van der Waals surface area contributed by atoms with Crippen molar-refractivity contribution in [3.8, 4) is 17.0 Å². The molecule has 0 unspecified atom stereocenters. The number of phenolic OH excluding ortho intramolecular Hbond substituents is 1. The van der Waals surface area contributed by atoms with E-state index in [9.17, 15) is 5.11 Å². The van der Waals surface area contributed by atoms with E-state index in [-0.39, 0.29) is 5.75 Å². The number of aromatic nitrogens is 2. The molecule has 1 aliphatic heterocycles. The Morgan fingerprint density at radius 2 is 1.88 bits per heavy atom. The second-order valence-corrected chi connectivity index (χ2v) is 6.31. The molecule has 6 nitrogen and oxygen atoms in total. The minimum absolute atomic E-state index is 0.212. The van der Waals surface area contributed by atoms with Crippen molar-refractivity contribution in [2.45, 2.75) is 0 Å². The minimum Gasteiger partial charge on any atom is -0.508 e. The molecule has 0 spiro atoms. The highest BCUT2D eigenvalue weighted by molar-refractivity contribution is 6.10. The number of fused-ring (bicyclic) bond motifs is 3. The maximum atomic E-state index is 9.83. The molecule has 1 aliphatic rings. The molecule has 1 saturated heterocycles. The Kier molecular flexibility index (Phi) is 3.50. The van der Waals surface area contributed by atoms with Gasteiger partial charge in [0.2, 0.25) is 11.4 Å². The zero-order valence-corrected chi connectivity index (χ0v) is 14.1. The molecule has 5 rings (SSSR count). The minimum atomic E-state index is 0.212. The molecule has 4 heterocycles. The fraction of sp³-hybridized carbons (Fsp3) is 0.200. The number of furan rings is 1. The number of hydrogen-bond donors (Lipinski definition) is 1. The molecule has 1 fully saturated rings. The molecular weight excluding hydrogens is 330 g/mol. The Morgan fingerprint density at radius 1 is 1.00 bits per heavy atom. The van der Waals surface area contributed by atoms with Gasteiger partial charge >= 0.3 is 0 Å². The number of rotatable bonds is 2. The Bertz CT molecular complexity index is 1100. The van der Waals surface area contributed by atoms with Crippen molar-refractivity contribution in [3.63, 3.8) is 0 Å². The van der Waals surface area contributed by atoms with E-state index >= 15 is 0 Å². The summed E-state index contributed by atoms with van der Waals surface area (Å²) in [4.78, 5) is 11.3. The Morgan fingerprint density at radius 3 is 2.73 bits per heavy atom. The molecule has 0 radical (unpaired) electrons. The van der Waals surface area contributed by atoms with E-state index in [0.29, 0.717) is 24.6 Å². The highest BCUT2D eigenvalue weighted by atomic mass is 16.5. The molecule has 4 aromatic rings. The zero-order valence-electron chi connectivity index (χ0n) is 14.1. The van der Waals surface area contributed by atoms with Gasteiger partial charge in [-0.05, 0) is 30.3 Å². The Hall–Kier alpha value is -3.12. The van der Waals surface area contributed by atoms with E-state index in [4.69, 9.17) is 14.1 Å². The number of hydrogen-bond acceptors (Lipinski definition) is 6. The number of aromatic hydroxyl groups is 1. The fourth-order valence-electron chi connectivity index (χ4n) is 3.46. The largest absolute Gasteiger partial charge is 0.508 e. The second-order valence-electron chi connectivity index (χ2n) is 6.31. The first kappa shape index (κ1) is 15.2. The third-order valence-electron chi connectivity index (χ3n) is 4.69. The lowest BCUT2D eigenvalue weighted by Crippen LogP contribution is -2.36. The van der Waals surface area contributed by atoms with Gasteiger partial charge in [-0.2, -0.15) is 0 Å². The van der Waals surface area contributed by atoms with Gasteiger partial charge < -0.3 is 19.2 Å². The molecular formula is C20H17N3O3. The van der Waals surface area contributed by atoms with Crippen LogP contribution in [0.2, 0.25) is 0 Å². The van der Waals surface area contributed by atoms with Crippen molar-refractivity contribution >= 4 is 27.9 Å². The summed E-state index contributed by atoms with van der Waals surface area (Å²) in [5.74, 6) is 0.212. The average Bonchev–Trinajstić information content (AvgIpc) is 3.06. The molecule has 130 valence electrons. The number of morpholine rings is 1. The predicted molar refractivity (Wildman–Crippen MR) is 99.4 cm³/mol. The number of ether oxygens (including phenoxy) is 1. The molecule has 0 saturated carbocycles. The van der Waals surface area contributed by atoms with Crippen molar-refractivity contribution < 1.29 is 14.3 Å². The number of anilines is 1. The van der Waals surface area contributed by atoms with Crippen molar-refractivity contribution in [3.05, 3.63) is 48.7 Å². The van der Waals surface area contributed by atoms with Crippen LogP contribution in [0.15, 0.2) is 53.1 Å². The third kappa shape index (κ3) is 2.46. The molecule has 1 N–H and O–H groups in total. The first-order valence-electron chi connectivity index (χ1n) is 8.60. The number of nitrogens with zero attached hydrogens (tertiary/aromatic N) is 3. The summed E-state index contributed by atoms with van der Waals surface area (Å²) in [7, 11) is 0. The maximum Gasteiger partial charge on any atom is 0.232 e. The summed E-state index contributed by atoms with van der Waals surface area (Å²) in [6.45, 7) is 3.01. The lowest BCUT2D eigenvalue weighted by atomic mass is 10.1. The highest BCUT2D eigenvalue weighted by Crippen LogP contribution is 2.37. The van der Waals surface area contributed by atoms with E-state index in [1.165, 1.54) is 0 Å². The van der Waals surface area contributed by atoms with Crippen LogP contribution in [-0.2, 0) is 4.74 Å². The number of benzene rings is 1. The van der Waals surface area contributed by atoms with Crippen molar-refractivity contribution in [2.75, 3.05) is 31.2 Å². The summed E-state index contributed by atoms with van der Waals surface area (Å²) in [5.41, 5.74) is 3.80. The van der Waals surface area contributed by atoms with Gasteiger partial charge in [0.05, 0.1) is 35.4 Å². The average molecular weight is 347 g/mol. The summed E-state index contributed by atoms with van der Waals surface area (Å²) in [6, 6.07) is 13.1. The first-order chi connectivity index (χ1) is 12.8. The van der Waals surface area contributed by atoms with Gasteiger partial charge in [-0.3, -0.25) is 0 Å². The SMILES string of the molecule is Oc1cccc(-c2cc(N3CCOCC3)c3c(n2)oc2ncccc23)c1. The topological polar surface area (TPSA) is 71.6 Å². The number of phenols is 1. The smallest absolute Gasteiger partial charge is 0.232 e. The molecule has 0 aliphatic carbocycles. The Balaban J connectivity index is 1.79. The summed E-state index contributed by atoms with van der Waals surface area (Å²) in [5, 5.41) is 11.8. The van der Waals surface area contributed by atoms with Crippen LogP contribution < -0.4 is 4.90 Å². The molecule has 3 aromatic heterocycles. The molecule has 26 heavy (non-hydrogen) atoms. The van der Waals surface area contributed by atoms with Crippen LogP contribution in [-0.4, -0.2) is 41.4 Å². The summed E-state index contributed by atoms with van der Waals surface area (Å²) in [6.07, 6.45) is 1.72. The van der Waals surface area contributed by atoms with Crippen molar-refractivity contribution in [1.82, 2.24) is 9.97 Å². The van der Waals surface area contributed by atoms with E-state index < -0.39 is 0 Å². The molecule has 0 amide bonds. The van der Waals surface area contributed by atoms with Crippen LogP contribution >= 0.6 is 0 Å². The van der Waals surface area contributed by atoms with Gasteiger partial charge in [0.15, 0.2) is 0 Å². The van der Waals surface area contributed by atoms with E-state index in [0.717, 1.165) is 40.8 Å². The van der Waals surface area contributed by atoms with Crippen LogP contribution in [0, 0.1) is 0 Å². The summed E-state index contributed by atoms with van der Waals surface area (Å²) < 4.78 is 11.4. The zero-order chi connectivity index (χ0) is 17.5. The first-order valence-corrected chi connectivity index (χ1v) is 8.60. The van der Waals surface area contributed by atoms with Gasteiger partial charge in [0.1, 0.15) is 5.75 Å². The second kappa shape index (κ2) is 6.00. The van der Waals surface area contributed by atoms with Crippen LogP contribution in [0.3, 0.4) is 0 Å². The van der Waals surface area contributed by atoms with Crippen molar-refractivity contribution in [2.24, 2.45) is 0 Å². The molecule has 1 aromatic carbocycles. The molecule has 6 heteroatoms. The third-order valence-corrected chi connectivity index (χ3v) is 4.69. The van der Waals surface area contributed by atoms with Gasteiger partial charge in [0.25, 0.3) is 0 Å². The normalized spacial score (nSPS) is 15.0. The van der Waals surface area contributed by atoms with Gasteiger partial charge in [-0.15, -0.1) is 0 Å². The predicted octanol–water partition coefficient (Wildman–Crippen LogP) is 3.59. The molecule has 0 bridgehead atoms. The van der Waals surface area contributed by atoms with Crippen LogP contribution in [0.1, 0.15) is 0 Å². The lowest BCUT2D eigenvalue weighted by Gasteiger charge is -2.29. The number of pyridine rings is 2. The van der Waals surface area contributed by atoms with Crippen LogP contribution in [0.25, 0.3) is 33.5 Å². The van der Waals surface area contributed by atoms with E-state index in [2.05, 4.69) is 16.0 Å². The highest BCUT2D eigenvalue weighted by Gasteiger charge is 2.21. The lowest BCUT2D eigenvalue weighted by molar-refractivity contribution is 0.123. The van der Waals surface area contributed by atoms with E-state index in [1.54, 1.807) is 18.3 Å². The van der Waals surface area contributed by atoms with Gasteiger partial charge in [-0.1, -0.05) is 12.1 Å². The monoisotopic (exact) mass is 347 g/mol. The van der Waals surface area contributed by atoms with Crippen LogP contribution in [0.4, 0.5) is 5.69 Å². The van der Waals surface area contributed by atoms with Gasteiger partial charge in [0, 0.05) is 24.8 Å². The maximum absolute atomic E-state index is 9.83. The fourth-order valence-corrected chi connectivity index (χ4v) is 3.46. The van der Waals surface area contributed by atoms with Gasteiger partial charge in [-0.25, -0.2) is 9.97 Å². The standard InChI is InChI=1S/C20H17N3O3/c24-14-4-1-3-13(11-14)16-12-17(23-7-9-25-10-8-23)18-15-5-2-6-21-19(15)26-20(18)22-16/h1-6,11-12,24H,7-10H2. The van der Waals surface area contributed by atoms with Crippen LogP contribution in [0.5, 0.6) is 5.75 Å². The van der Waals surface area contributed by atoms with E-state index in [1.807, 2.05) is 24.3 Å². The molecule has 0 atom stereocenters.